The highest BCUT2D eigenvalue weighted by molar-refractivity contribution is 5.96. The molecule has 0 aromatic carbocycles. The lowest BCUT2D eigenvalue weighted by Gasteiger charge is -2.41. The van der Waals surface area contributed by atoms with E-state index in [0.717, 1.165) is 25.9 Å². The van der Waals surface area contributed by atoms with Crippen LogP contribution in [-0.2, 0) is 9.59 Å². The van der Waals surface area contributed by atoms with E-state index >= 15 is 0 Å². The number of hydrogen-bond acceptors (Lipinski definition) is 3. The normalized spacial score (nSPS) is 31.7. The van der Waals surface area contributed by atoms with Gasteiger partial charge in [-0.15, -0.1) is 0 Å². The summed E-state index contributed by atoms with van der Waals surface area (Å²) >= 11 is 0. The summed E-state index contributed by atoms with van der Waals surface area (Å²) < 4.78 is 0. The standard InChI is InChI=1S/C16H29N3O2/c1-11(2)8-14-16(21)19(12(3)15(20)17-14)10-13-6-5-7-18(4)9-13/h11-14H,5-10H2,1-4H3,(H,17,20). The van der Waals surface area contributed by atoms with Gasteiger partial charge in [0.1, 0.15) is 12.1 Å². The highest BCUT2D eigenvalue weighted by Crippen LogP contribution is 2.21. The number of carbonyl (C=O) groups is 2. The van der Waals surface area contributed by atoms with Crippen molar-refractivity contribution >= 4 is 11.8 Å². The number of hydrogen-bond donors (Lipinski definition) is 1. The van der Waals surface area contributed by atoms with E-state index in [1.165, 1.54) is 6.42 Å². The highest BCUT2D eigenvalue weighted by atomic mass is 16.2. The summed E-state index contributed by atoms with van der Waals surface area (Å²) in [6, 6.07) is -0.678. The fourth-order valence-electron chi connectivity index (χ4n) is 3.47. The average molecular weight is 295 g/mol. The number of nitrogens with zero attached hydrogens (tertiary/aromatic N) is 2. The van der Waals surface area contributed by atoms with E-state index in [1.807, 2.05) is 11.8 Å². The molecule has 2 heterocycles. The smallest absolute Gasteiger partial charge is 0.245 e. The quantitative estimate of drug-likeness (QED) is 0.845. The summed E-state index contributed by atoms with van der Waals surface area (Å²) in [6.45, 7) is 8.87. The summed E-state index contributed by atoms with van der Waals surface area (Å²) in [6.07, 6.45) is 3.05. The molecule has 2 saturated heterocycles. The molecule has 120 valence electrons. The molecular weight excluding hydrogens is 266 g/mol. The van der Waals surface area contributed by atoms with Gasteiger partial charge < -0.3 is 15.1 Å². The second-order valence-electron chi connectivity index (χ2n) is 7.13. The van der Waals surface area contributed by atoms with Crippen molar-refractivity contribution in [2.75, 3.05) is 26.7 Å². The third kappa shape index (κ3) is 3.96. The summed E-state index contributed by atoms with van der Waals surface area (Å²) in [5.74, 6) is 0.976. The lowest BCUT2D eigenvalue weighted by molar-refractivity contribution is -0.150. The van der Waals surface area contributed by atoms with Gasteiger partial charge in [-0.05, 0) is 51.6 Å². The van der Waals surface area contributed by atoms with Gasteiger partial charge in [0.15, 0.2) is 0 Å². The number of piperazine rings is 1. The Balaban J connectivity index is 2.04. The molecule has 5 heteroatoms. The van der Waals surface area contributed by atoms with Crippen molar-refractivity contribution in [2.24, 2.45) is 11.8 Å². The monoisotopic (exact) mass is 295 g/mol. The Morgan fingerprint density at radius 1 is 1.33 bits per heavy atom. The van der Waals surface area contributed by atoms with E-state index in [4.69, 9.17) is 0 Å². The van der Waals surface area contributed by atoms with Crippen LogP contribution in [0.5, 0.6) is 0 Å². The Bertz CT molecular complexity index is 397. The molecule has 0 aromatic heterocycles. The van der Waals surface area contributed by atoms with E-state index in [1.54, 1.807) is 0 Å². The first kappa shape index (κ1) is 16.3. The molecule has 3 unspecified atom stereocenters. The van der Waals surface area contributed by atoms with Crippen LogP contribution in [0.4, 0.5) is 0 Å². The lowest BCUT2D eigenvalue weighted by atomic mass is 9.94. The molecule has 5 nitrogen and oxygen atoms in total. The number of amides is 2. The second kappa shape index (κ2) is 6.77. The minimum absolute atomic E-state index is 0.00980. The van der Waals surface area contributed by atoms with Crippen LogP contribution in [0.2, 0.25) is 0 Å². The molecule has 2 rings (SSSR count). The maximum Gasteiger partial charge on any atom is 0.245 e. The molecular formula is C16H29N3O2. The molecule has 0 aromatic rings. The van der Waals surface area contributed by atoms with Crippen LogP contribution in [-0.4, -0.2) is 60.4 Å². The summed E-state index contributed by atoms with van der Waals surface area (Å²) in [5, 5.41) is 2.88. The van der Waals surface area contributed by atoms with Crippen molar-refractivity contribution in [3.05, 3.63) is 0 Å². The molecule has 0 saturated carbocycles. The zero-order chi connectivity index (χ0) is 15.6. The minimum atomic E-state index is -0.340. The van der Waals surface area contributed by atoms with Gasteiger partial charge in [-0.1, -0.05) is 13.8 Å². The molecule has 2 amide bonds. The van der Waals surface area contributed by atoms with Crippen molar-refractivity contribution in [1.82, 2.24) is 15.1 Å². The first-order chi connectivity index (χ1) is 9.88. The van der Waals surface area contributed by atoms with Gasteiger partial charge in [0.25, 0.3) is 0 Å². The predicted octanol–water partition coefficient (Wildman–Crippen LogP) is 1.09. The third-order valence-corrected chi connectivity index (χ3v) is 4.63. The van der Waals surface area contributed by atoms with E-state index in [2.05, 4.69) is 31.1 Å². The van der Waals surface area contributed by atoms with Crippen molar-refractivity contribution in [3.63, 3.8) is 0 Å². The lowest BCUT2D eigenvalue weighted by Crippen LogP contribution is -2.63. The molecule has 0 bridgehead atoms. The Labute approximate surface area is 128 Å². The molecule has 3 atom stereocenters. The number of likely N-dealkylation sites (tertiary alicyclic amines) is 1. The van der Waals surface area contributed by atoms with E-state index in [0.29, 0.717) is 18.4 Å². The van der Waals surface area contributed by atoms with Crippen molar-refractivity contribution in [2.45, 2.75) is 52.1 Å². The van der Waals surface area contributed by atoms with Crippen LogP contribution in [0.1, 0.15) is 40.0 Å². The molecule has 21 heavy (non-hydrogen) atoms. The van der Waals surface area contributed by atoms with Crippen molar-refractivity contribution in [3.8, 4) is 0 Å². The first-order valence-electron chi connectivity index (χ1n) is 8.18. The van der Waals surface area contributed by atoms with E-state index in [-0.39, 0.29) is 23.9 Å². The first-order valence-corrected chi connectivity index (χ1v) is 8.18. The molecule has 2 aliphatic heterocycles. The number of piperidine rings is 1. The largest absolute Gasteiger partial charge is 0.343 e. The maximum atomic E-state index is 12.7. The van der Waals surface area contributed by atoms with Crippen molar-refractivity contribution < 1.29 is 9.59 Å². The Morgan fingerprint density at radius 2 is 2.05 bits per heavy atom. The van der Waals surface area contributed by atoms with Crippen LogP contribution < -0.4 is 5.32 Å². The van der Waals surface area contributed by atoms with Crippen molar-refractivity contribution in [1.29, 1.82) is 0 Å². The molecule has 2 aliphatic rings. The third-order valence-electron chi connectivity index (χ3n) is 4.63. The van der Waals surface area contributed by atoms with Gasteiger partial charge in [-0.2, -0.15) is 0 Å². The highest BCUT2D eigenvalue weighted by Gasteiger charge is 2.39. The van der Waals surface area contributed by atoms with Gasteiger partial charge in [0.05, 0.1) is 0 Å². The number of rotatable bonds is 4. The summed E-state index contributed by atoms with van der Waals surface area (Å²) in [5.41, 5.74) is 0. The SMILES string of the molecule is CC(C)CC1NC(=O)C(C)N(CC2CCCN(C)C2)C1=O. The van der Waals surface area contributed by atoms with Gasteiger partial charge in [-0.25, -0.2) is 0 Å². The van der Waals surface area contributed by atoms with E-state index < -0.39 is 0 Å². The zero-order valence-electron chi connectivity index (χ0n) is 13.8. The van der Waals surface area contributed by atoms with Gasteiger partial charge in [0, 0.05) is 13.1 Å². The van der Waals surface area contributed by atoms with Crippen LogP contribution >= 0.6 is 0 Å². The van der Waals surface area contributed by atoms with Gasteiger partial charge >= 0.3 is 0 Å². The topological polar surface area (TPSA) is 52.7 Å². The van der Waals surface area contributed by atoms with Crippen LogP contribution in [0, 0.1) is 11.8 Å². The fraction of sp³-hybridized carbons (Fsp3) is 0.875. The Kier molecular flexibility index (Phi) is 5.25. The van der Waals surface area contributed by atoms with E-state index in [9.17, 15) is 9.59 Å². The molecule has 1 N–H and O–H groups in total. The maximum absolute atomic E-state index is 12.7. The molecule has 0 spiro atoms. The Hall–Kier alpha value is -1.10. The van der Waals surface area contributed by atoms with Gasteiger partial charge in [0.2, 0.25) is 11.8 Å². The number of nitrogens with one attached hydrogen (secondary N) is 1. The molecule has 0 aliphatic carbocycles. The van der Waals surface area contributed by atoms with Crippen LogP contribution in [0.25, 0.3) is 0 Å². The van der Waals surface area contributed by atoms with Crippen LogP contribution in [0.3, 0.4) is 0 Å². The number of carbonyl (C=O) groups excluding carboxylic acids is 2. The average Bonchev–Trinajstić information content (AvgIpc) is 2.40. The minimum Gasteiger partial charge on any atom is -0.343 e. The zero-order valence-corrected chi connectivity index (χ0v) is 13.8. The molecule has 0 radical (unpaired) electrons. The Morgan fingerprint density at radius 3 is 2.67 bits per heavy atom. The summed E-state index contributed by atoms with van der Waals surface area (Å²) in [4.78, 5) is 28.9. The van der Waals surface area contributed by atoms with Crippen LogP contribution in [0.15, 0.2) is 0 Å². The second-order valence-corrected chi connectivity index (χ2v) is 7.13. The summed E-state index contributed by atoms with van der Waals surface area (Å²) in [7, 11) is 2.13. The fourth-order valence-corrected chi connectivity index (χ4v) is 3.47. The van der Waals surface area contributed by atoms with Gasteiger partial charge in [-0.3, -0.25) is 9.59 Å². The molecule has 2 fully saturated rings. The predicted molar refractivity (Wildman–Crippen MR) is 82.8 cm³/mol.